The van der Waals surface area contributed by atoms with Gasteiger partial charge < -0.3 is 15.6 Å². The second-order valence-corrected chi connectivity index (χ2v) is 6.51. The number of fused-ring (bicyclic) bond motifs is 1. The first-order valence-corrected chi connectivity index (χ1v) is 8.47. The van der Waals surface area contributed by atoms with E-state index >= 15 is 0 Å². The Morgan fingerprint density at radius 3 is 3.04 bits per heavy atom. The Hall–Kier alpha value is -3.00. The second kappa shape index (κ2) is 6.14. The topological polar surface area (TPSA) is 86.9 Å². The van der Waals surface area contributed by atoms with E-state index in [-0.39, 0.29) is 18.2 Å². The fraction of sp³-hybridized carbons (Fsp3) is 0.118. The summed E-state index contributed by atoms with van der Waals surface area (Å²) < 4.78 is 13.4. The van der Waals surface area contributed by atoms with Gasteiger partial charge in [0.25, 0.3) is 0 Å². The number of H-pyrrole nitrogens is 1. The third-order valence-electron chi connectivity index (χ3n) is 3.98. The third kappa shape index (κ3) is 3.03. The lowest BCUT2D eigenvalue weighted by Gasteiger charge is -2.24. The van der Waals surface area contributed by atoms with Crippen LogP contribution < -0.4 is 10.6 Å². The highest BCUT2D eigenvalue weighted by Gasteiger charge is 2.31. The fourth-order valence-corrected chi connectivity index (χ4v) is 3.52. The molecule has 1 atom stereocenters. The van der Waals surface area contributed by atoms with Gasteiger partial charge in [-0.2, -0.15) is 0 Å². The van der Waals surface area contributed by atoms with Crippen LogP contribution >= 0.6 is 11.3 Å². The number of nitrogens with zero attached hydrogens (tertiary/aromatic N) is 1. The first-order chi connectivity index (χ1) is 12.1. The lowest BCUT2D eigenvalue weighted by atomic mass is 9.90. The summed E-state index contributed by atoms with van der Waals surface area (Å²) in [6.07, 6.45) is 1.81. The van der Waals surface area contributed by atoms with E-state index in [1.54, 1.807) is 6.20 Å². The van der Waals surface area contributed by atoms with Crippen LogP contribution in [-0.4, -0.2) is 21.8 Å². The number of aromatic amines is 1. The first-order valence-electron chi connectivity index (χ1n) is 7.59. The van der Waals surface area contributed by atoms with Crippen molar-refractivity contribution in [3.05, 3.63) is 53.3 Å². The van der Waals surface area contributed by atoms with Gasteiger partial charge in [-0.15, -0.1) is 11.3 Å². The van der Waals surface area contributed by atoms with Crippen LogP contribution in [0.15, 0.2) is 41.9 Å². The molecule has 4 rings (SSSR count). The van der Waals surface area contributed by atoms with Crippen molar-refractivity contribution in [1.82, 2.24) is 9.97 Å². The highest BCUT2D eigenvalue weighted by Crippen LogP contribution is 2.34. The number of carbonyl (C=O) groups excluding carboxylic acids is 2. The predicted octanol–water partition coefficient (Wildman–Crippen LogP) is 3.34. The van der Waals surface area contributed by atoms with Gasteiger partial charge in [0.05, 0.1) is 17.3 Å². The SMILES string of the molecule is O=C1CC(C(=O)Nc2nc(-c3ccc[nH]3)cs2)c2ccc(F)cc2N1. The number of thiazole rings is 1. The standard InChI is InChI=1S/C17H13FN4O2S/c18-9-3-4-10-11(7-15(23)20-13(10)6-9)16(24)22-17-21-14(8-25-17)12-2-1-5-19-12/h1-6,8,11,19H,7H2,(H,20,23)(H,21,22,24). The first kappa shape index (κ1) is 15.5. The number of amides is 2. The van der Waals surface area contributed by atoms with Crippen LogP contribution in [0.2, 0.25) is 0 Å². The molecule has 2 amide bonds. The van der Waals surface area contributed by atoms with E-state index in [0.717, 1.165) is 11.4 Å². The summed E-state index contributed by atoms with van der Waals surface area (Å²) in [5, 5.41) is 7.63. The van der Waals surface area contributed by atoms with Crippen LogP contribution in [0.3, 0.4) is 0 Å². The van der Waals surface area contributed by atoms with Gasteiger partial charge in [-0.25, -0.2) is 9.37 Å². The zero-order chi connectivity index (χ0) is 17.4. The van der Waals surface area contributed by atoms with Crippen LogP contribution in [0.1, 0.15) is 17.9 Å². The van der Waals surface area contributed by atoms with Crippen LogP contribution in [0, 0.1) is 5.82 Å². The van der Waals surface area contributed by atoms with Gasteiger partial charge in [0.2, 0.25) is 11.8 Å². The van der Waals surface area contributed by atoms with Crippen molar-refractivity contribution in [1.29, 1.82) is 0 Å². The number of halogens is 1. The van der Waals surface area contributed by atoms with E-state index in [2.05, 4.69) is 20.6 Å². The summed E-state index contributed by atoms with van der Waals surface area (Å²) in [6.45, 7) is 0. The highest BCUT2D eigenvalue weighted by atomic mass is 32.1. The molecule has 0 radical (unpaired) electrons. The van der Waals surface area contributed by atoms with E-state index in [4.69, 9.17) is 0 Å². The number of rotatable bonds is 3. The van der Waals surface area contributed by atoms with E-state index in [9.17, 15) is 14.0 Å². The van der Waals surface area contributed by atoms with Crippen molar-refractivity contribution in [2.75, 3.05) is 10.6 Å². The van der Waals surface area contributed by atoms with Gasteiger partial charge in [-0.1, -0.05) is 6.07 Å². The molecular formula is C17H13FN4O2S. The molecule has 0 bridgehead atoms. The number of anilines is 2. The summed E-state index contributed by atoms with van der Waals surface area (Å²) >= 11 is 1.30. The molecule has 0 saturated heterocycles. The maximum atomic E-state index is 13.4. The predicted molar refractivity (Wildman–Crippen MR) is 92.9 cm³/mol. The van der Waals surface area contributed by atoms with Crippen molar-refractivity contribution in [2.45, 2.75) is 12.3 Å². The molecule has 126 valence electrons. The van der Waals surface area contributed by atoms with Crippen LogP contribution in [0.4, 0.5) is 15.2 Å². The molecule has 1 aliphatic rings. The highest BCUT2D eigenvalue weighted by molar-refractivity contribution is 7.14. The zero-order valence-electron chi connectivity index (χ0n) is 12.9. The van der Waals surface area contributed by atoms with Crippen molar-refractivity contribution >= 4 is 34.0 Å². The van der Waals surface area contributed by atoms with Gasteiger partial charge >= 0.3 is 0 Å². The molecule has 25 heavy (non-hydrogen) atoms. The number of nitrogens with one attached hydrogen (secondary N) is 3. The minimum absolute atomic E-state index is 0.0132. The molecule has 0 fully saturated rings. The van der Waals surface area contributed by atoms with Crippen LogP contribution in [-0.2, 0) is 9.59 Å². The molecule has 1 unspecified atom stereocenters. The summed E-state index contributed by atoms with van der Waals surface area (Å²) in [5.41, 5.74) is 2.52. The minimum atomic E-state index is -0.679. The summed E-state index contributed by atoms with van der Waals surface area (Å²) in [5.74, 6) is -1.79. The quantitative estimate of drug-likeness (QED) is 0.673. The normalized spacial score (nSPS) is 16.2. The van der Waals surface area contributed by atoms with Crippen molar-refractivity contribution < 1.29 is 14.0 Å². The molecule has 3 heterocycles. The number of hydrogen-bond acceptors (Lipinski definition) is 4. The number of carbonyl (C=O) groups is 2. The lowest BCUT2D eigenvalue weighted by Crippen LogP contribution is -2.30. The van der Waals surface area contributed by atoms with E-state index < -0.39 is 11.7 Å². The monoisotopic (exact) mass is 356 g/mol. The van der Waals surface area contributed by atoms with Gasteiger partial charge in [0, 0.05) is 23.7 Å². The smallest absolute Gasteiger partial charge is 0.234 e. The molecule has 0 spiro atoms. The van der Waals surface area contributed by atoms with Crippen molar-refractivity contribution in [2.24, 2.45) is 0 Å². The van der Waals surface area contributed by atoms with Gasteiger partial charge in [-0.05, 0) is 29.8 Å². The molecule has 3 N–H and O–H groups in total. The van der Waals surface area contributed by atoms with Crippen LogP contribution in [0.25, 0.3) is 11.4 Å². The molecule has 3 aromatic rings. The molecule has 0 saturated carbocycles. The Morgan fingerprint density at radius 2 is 2.24 bits per heavy atom. The van der Waals surface area contributed by atoms with Crippen LogP contribution in [0.5, 0.6) is 0 Å². The van der Waals surface area contributed by atoms with Crippen molar-refractivity contribution in [3.8, 4) is 11.4 Å². The maximum absolute atomic E-state index is 13.4. The Bertz CT molecular complexity index is 951. The van der Waals surface area contributed by atoms with Gasteiger partial charge in [0.15, 0.2) is 5.13 Å². The molecule has 0 aliphatic carbocycles. The fourth-order valence-electron chi connectivity index (χ4n) is 2.81. The maximum Gasteiger partial charge on any atom is 0.234 e. The van der Waals surface area contributed by atoms with E-state index in [1.165, 1.54) is 29.5 Å². The summed E-state index contributed by atoms with van der Waals surface area (Å²) in [7, 11) is 0. The number of hydrogen-bond donors (Lipinski definition) is 3. The average molecular weight is 356 g/mol. The summed E-state index contributed by atoms with van der Waals surface area (Å²) in [4.78, 5) is 31.9. The Morgan fingerprint density at radius 1 is 1.36 bits per heavy atom. The van der Waals surface area contributed by atoms with Gasteiger partial charge in [-0.3, -0.25) is 9.59 Å². The Kier molecular flexibility index (Phi) is 3.81. The third-order valence-corrected chi connectivity index (χ3v) is 4.74. The molecule has 1 aliphatic heterocycles. The largest absolute Gasteiger partial charge is 0.360 e. The minimum Gasteiger partial charge on any atom is -0.360 e. The molecular weight excluding hydrogens is 343 g/mol. The molecule has 6 nitrogen and oxygen atoms in total. The van der Waals surface area contributed by atoms with E-state index in [0.29, 0.717) is 16.4 Å². The Balaban J connectivity index is 1.57. The lowest BCUT2D eigenvalue weighted by molar-refractivity contribution is -0.123. The summed E-state index contributed by atoms with van der Waals surface area (Å²) in [6, 6.07) is 7.78. The Labute approximate surface area is 146 Å². The second-order valence-electron chi connectivity index (χ2n) is 5.65. The molecule has 1 aromatic carbocycles. The van der Waals surface area contributed by atoms with Crippen molar-refractivity contribution in [3.63, 3.8) is 0 Å². The average Bonchev–Trinajstić information content (AvgIpc) is 3.24. The molecule has 8 heteroatoms. The zero-order valence-corrected chi connectivity index (χ0v) is 13.7. The number of benzene rings is 1. The van der Waals surface area contributed by atoms with E-state index in [1.807, 2.05) is 17.5 Å². The van der Waals surface area contributed by atoms with Gasteiger partial charge in [0.1, 0.15) is 5.82 Å². The molecule has 2 aromatic heterocycles. The number of aromatic nitrogens is 2.